The molecule has 1 N–H and O–H groups in total. The van der Waals surface area contributed by atoms with Gasteiger partial charge in [-0.3, -0.25) is 4.90 Å². The molecule has 3 rings (SSSR count). The van der Waals surface area contributed by atoms with E-state index < -0.39 is 0 Å². The van der Waals surface area contributed by atoms with Crippen molar-refractivity contribution in [3.05, 3.63) is 58.1 Å². The summed E-state index contributed by atoms with van der Waals surface area (Å²) in [6.07, 6.45) is 2.57. The number of likely N-dealkylation sites (N-methyl/N-ethyl adjacent to an activating group) is 1. The van der Waals surface area contributed by atoms with Gasteiger partial charge < -0.3 is 14.8 Å². The molecule has 0 amide bonds. The normalized spacial score (nSPS) is 16.9. The molecule has 0 spiro atoms. The summed E-state index contributed by atoms with van der Waals surface area (Å²) in [7, 11) is 0. The van der Waals surface area contributed by atoms with Gasteiger partial charge in [-0.05, 0) is 68.6 Å². The zero-order valence-corrected chi connectivity index (χ0v) is 18.6. The molecule has 158 valence electrons. The lowest BCUT2D eigenvalue weighted by molar-refractivity contribution is 0.259. The number of aryl methyl sites for hydroxylation is 1. The van der Waals surface area contributed by atoms with Crippen molar-refractivity contribution < 1.29 is 9.47 Å². The molecule has 0 saturated carbocycles. The number of rotatable bonds is 10. The average Bonchev–Trinajstić information content (AvgIpc) is 3.16. The van der Waals surface area contributed by atoms with Crippen LogP contribution in [0.1, 0.15) is 43.4 Å². The van der Waals surface area contributed by atoms with Gasteiger partial charge in [0.15, 0.2) is 11.5 Å². The fourth-order valence-electron chi connectivity index (χ4n) is 3.97. The average molecular weight is 417 g/mol. The monoisotopic (exact) mass is 416 g/mol. The van der Waals surface area contributed by atoms with Gasteiger partial charge in [0.2, 0.25) is 0 Å². The van der Waals surface area contributed by atoms with Crippen molar-refractivity contribution in [1.29, 1.82) is 0 Å². The van der Waals surface area contributed by atoms with Crippen molar-refractivity contribution in [2.75, 3.05) is 26.2 Å². The maximum absolute atomic E-state index is 6.59. The second kappa shape index (κ2) is 10.9. The maximum Gasteiger partial charge on any atom is 0.180 e. The number of benzene rings is 2. The first kappa shape index (κ1) is 21.9. The van der Waals surface area contributed by atoms with Gasteiger partial charge in [0.25, 0.3) is 0 Å². The zero-order chi connectivity index (χ0) is 20.6. The van der Waals surface area contributed by atoms with E-state index in [0.29, 0.717) is 35.8 Å². The van der Waals surface area contributed by atoms with Gasteiger partial charge in [0.1, 0.15) is 6.61 Å². The van der Waals surface area contributed by atoms with E-state index in [1.807, 2.05) is 31.2 Å². The third-order valence-electron chi connectivity index (χ3n) is 5.62. The molecule has 0 aliphatic carbocycles. The van der Waals surface area contributed by atoms with Crippen LogP contribution < -0.4 is 14.8 Å². The van der Waals surface area contributed by atoms with E-state index in [2.05, 4.69) is 36.2 Å². The van der Waals surface area contributed by atoms with Gasteiger partial charge in [-0.2, -0.15) is 0 Å². The van der Waals surface area contributed by atoms with Crippen LogP contribution in [0.2, 0.25) is 5.02 Å². The Bertz CT molecular complexity index is 796. The number of nitrogens with zero attached hydrogens (tertiary/aromatic N) is 1. The van der Waals surface area contributed by atoms with E-state index in [1.165, 1.54) is 24.9 Å². The van der Waals surface area contributed by atoms with E-state index in [-0.39, 0.29) is 0 Å². The smallest absolute Gasteiger partial charge is 0.180 e. The van der Waals surface area contributed by atoms with E-state index in [9.17, 15) is 0 Å². The molecule has 0 radical (unpaired) electrons. The summed E-state index contributed by atoms with van der Waals surface area (Å²) in [5, 5.41) is 4.19. The Balaban J connectivity index is 1.65. The van der Waals surface area contributed by atoms with E-state index >= 15 is 0 Å². The van der Waals surface area contributed by atoms with Crippen LogP contribution >= 0.6 is 11.6 Å². The van der Waals surface area contributed by atoms with Crippen molar-refractivity contribution in [3.8, 4) is 11.5 Å². The van der Waals surface area contributed by atoms with Crippen molar-refractivity contribution in [2.45, 2.75) is 52.8 Å². The Morgan fingerprint density at radius 1 is 1.17 bits per heavy atom. The minimum absolute atomic E-state index is 0.471. The molecule has 29 heavy (non-hydrogen) atoms. The van der Waals surface area contributed by atoms with E-state index in [1.54, 1.807) is 0 Å². The minimum Gasteiger partial charge on any atom is -0.490 e. The molecule has 4 nitrogen and oxygen atoms in total. The third-order valence-corrected chi connectivity index (χ3v) is 5.90. The Kier molecular flexibility index (Phi) is 8.22. The van der Waals surface area contributed by atoms with Crippen LogP contribution in [0.15, 0.2) is 36.4 Å². The van der Waals surface area contributed by atoms with Crippen molar-refractivity contribution in [3.63, 3.8) is 0 Å². The summed E-state index contributed by atoms with van der Waals surface area (Å²) < 4.78 is 11.9. The van der Waals surface area contributed by atoms with Gasteiger partial charge in [-0.25, -0.2) is 0 Å². The number of likely N-dealkylation sites (tertiary alicyclic amines) is 1. The van der Waals surface area contributed by atoms with Crippen molar-refractivity contribution >= 4 is 11.6 Å². The highest BCUT2D eigenvalue weighted by Gasteiger charge is 2.22. The van der Waals surface area contributed by atoms with Crippen LogP contribution in [0, 0.1) is 6.92 Å². The molecule has 1 atom stereocenters. The van der Waals surface area contributed by atoms with Crippen molar-refractivity contribution in [2.24, 2.45) is 0 Å². The second-order valence-electron chi connectivity index (χ2n) is 7.61. The number of hydrogen-bond acceptors (Lipinski definition) is 4. The van der Waals surface area contributed by atoms with E-state index in [0.717, 1.165) is 30.8 Å². The molecule has 2 aromatic rings. The number of halogens is 1. The fraction of sp³-hybridized carbons (Fsp3) is 0.500. The molecular formula is C24H33ClN2O2. The number of ether oxygens (including phenoxy) is 2. The third kappa shape index (κ3) is 5.88. The summed E-state index contributed by atoms with van der Waals surface area (Å²) in [6.45, 7) is 11.5. The van der Waals surface area contributed by atoms with Crippen LogP contribution in [-0.4, -0.2) is 37.2 Å². The summed E-state index contributed by atoms with van der Waals surface area (Å²) in [5.74, 6) is 1.33. The van der Waals surface area contributed by atoms with Crippen LogP contribution in [-0.2, 0) is 13.2 Å². The van der Waals surface area contributed by atoms with E-state index in [4.69, 9.17) is 21.1 Å². The first-order valence-corrected chi connectivity index (χ1v) is 11.1. The first-order valence-electron chi connectivity index (χ1n) is 10.7. The van der Waals surface area contributed by atoms with Crippen LogP contribution in [0.3, 0.4) is 0 Å². The predicted octanol–water partition coefficient (Wildman–Crippen LogP) is 5.20. The molecule has 1 saturated heterocycles. The van der Waals surface area contributed by atoms with Gasteiger partial charge in [-0.15, -0.1) is 0 Å². The Morgan fingerprint density at radius 2 is 2.00 bits per heavy atom. The molecule has 1 heterocycles. The van der Waals surface area contributed by atoms with Gasteiger partial charge in [0, 0.05) is 19.1 Å². The summed E-state index contributed by atoms with van der Waals surface area (Å²) in [4.78, 5) is 2.55. The highest BCUT2D eigenvalue weighted by atomic mass is 35.5. The molecule has 0 aromatic heterocycles. The number of nitrogens with one attached hydrogen (secondary N) is 1. The highest BCUT2D eigenvalue weighted by molar-refractivity contribution is 6.32. The Hall–Kier alpha value is -1.75. The largest absolute Gasteiger partial charge is 0.490 e. The van der Waals surface area contributed by atoms with Gasteiger partial charge in [-0.1, -0.05) is 42.8 Å². The Labute approximate surface area is 180 Å². The van der Waals surface area contributed by atoms with Gasteiger partial charge >= 0.3 is 0 Å². The summed E-state index contributed by atoms with van der Waals surface area (Å²) >= 11 is 6.59. The van der Waals surface area contributed by atoms with Crippen LogP contribution in [0.25, 0.3) is 0 Å². The van der Waals surface area contributed by atoms with Crippen LogP contribution in [0.4, 0.5) is 0 Å². The van der Waals surface area contributed by atoms with Gasteiger partial charge in [0.05, 0.1) is 11.6 Å². The summed E-state index contributed by atoms with van der Waals surface area (Å²) in [6, 6.07) is 12.9. The molecule has 1 aliphatic rings. The quantitative estimate of drug-likeness (QED) is 0.577. The molecule has 0 bridgehead atoms. The van der Waals surface area contributed by atoms with Crippen LogP contribution in [0.5, 0.6) is 11.5 Å². The lowest BCUT2D eigenvalue weighted by atomic mass is 10.1. The summed E-state index contributed by atoms with van der Waals surface area (Å²) in [5.41, 5.74) is 3.46. The van der Waals surface area contributed by atoms with Crippen molar-refractivity contribution in [1.82, 2.24) is 10.2 Å². The number of hydrogen-bond donors (Lipinski definition) is 1. The Morgan fingerprint density at radius 3 is 2.76 bits per heavy atom. The molecule has 2 aromatic carbocycles. The fourth-order valence-corrected chi connectivity index (χ4v) is 4.26. The minimum atomic E-state index is 0.471. The lowest BCUT2D eigenvalue weighted by Gasteiger charge is -2.23. The molecule has 1 aliphatic heterocycles. The maximum atomic E-state index is 6.59. The molecular weight excluding hydrogens is 384 g/mol. The lowest BCUT2D eigenvalue weighted by Crippen LogP contribution is -2.37. The predicted molar refractivity (Wildman–Crippen MR) is 120 cm³/mol. The first-order chi connectivity index (χ1) is 14.1. The highest BCUT2D eigenvalue weighted by Crippen LogP contribution is 2.37. The SMILES string of the molecule is CCOc1cc(CNC[C@H]2CCCN2CC)cc(Cl)c1OCc1ccccc1C. The molecule has 0 unspecified atom stereocenters. The second-order valence-corrected chi connectivity index (χ2v) is 8.02. The standard InChI is InChI=1S/C24H33ClN2O2/c1-4-27-12-8-11-21(27)16-26-15-19-13-22(25)24(23(14-19)28-5-2)29-17-20-10-7-6-9-18(20)3/h6-7,9-10,13-14,21,26H,4-5,8,11-12,15-17H2,1-3H3/t21-/m1/s1. The topological polar surface area (TPSA) is 33.7 Å². The zero-order valence-electron chi connectivity index (χ0n) is 17.8. The molecule has 1 fully saturated rings. The molecule has 5 heteroatoms.